The number of hydrogen-bond donors (Lipinski definition) is 0. The van der Waals surface area contributed by atoms with Crippen LogP contribution in [0.15, 0.2) is 18.2 Å². The zero-order valence-corrected chi connectivity index (χ0v) is 29.5. The molecular weight excluding hydrogens is 610 g/mol. The van der Waals surface area contributed by atoms with Crippen molar-refractivity contribution in [3.8, 4) is 0 Å². The Morgan fingerprint density at radius 2 is 1.02 bits per heavy atom. The minimum atomic E-state index is -0.684. The van der Waals surface area contributed by atoms with Gasteiger partial charge in [-0.15, -0.1) is 0 Å². The van der Waals surface area contributed by atoms with Gasteiger partial charge in [-0.3, -0.25) is 44.0 Å². The lowest BCUT2D eigenvalue weighted by atomic mass is 10.1. The predicted molar refractivity (Wildman–Crippen MR) is 178 cm³/mol. The number of nitro groups is 1. The van der Waals surface area contributed by atoms with Crippen molar-refractivity contribution in [3.63, 3.8) is 0 Å². The first-order valence-electron chi connectivity index (χ1n) is 16.0. The number of carbonyl (C=O) groups excluding carboxylic acids is 4. The number of nitrogens with zero attached hydrogens (tertiary/aromatic N) is 5. The van der Waals surface area contributed by atoms with Crippen LogP contribution in [0.25, 0.3) is 0 Å². The Morgan fingerprint density at radius 3 is 1.32 bits per heavy atom. The van der Waals surface area contributed by atoms with Crippen molar-refractivity contribution < 1.29 is 38.3 Å². The van der Waals surface area contributed by atoms with Gasteiger partial charge in [0.05, 0.1) is 24.6 Å². The van der Waals surface area contributed by atoms with E-state index in [1.807, 2.05) is 19.6 Å². The van der Waals surface area contributed by atoms with Crippen LogP contribution in [0.3, 0.4) is 0 Å². The molecular formula is C33H53N5O9. The number of hydrogen-bond acceptors (Lipinski definition) is 13. The number of anilines is 1. The lowest BCUT2D eigenvalue weighted by molar-refractivity contribution is -0.384. The fourth-order valence-corrected chi connectivity index (χ4v) is 4.95. The first-order valence-corrected chi connectivity index (χ1v) is 16.0. The first-order chi connectivity index (χ1) is 21.6. The van der Waals surface area contributed by atoms with Crippen molar-refractivity contribution in [3.05, 3.63) is 33.9 Å². The van der Waals surface area contributed by atoms with Crippen molar-refractivity contribution in [2.24, 2.45) is 0 Å². The van der Waals surface area contributed by atoms with Crippen LogP contribution in [0, 0.1) is 10.1 Å². The highest BCUT2D eigenvalue weighted by molar-refractivity contribution is 5.79. The molecule has 0 aliphatic carbocycles. The van der Waals surface area contributed by atoms with Gasteiger partial charge >= 0.3 is 17.9 Å². The van der Waals surface area contributed by atoms with Gasteiger partial charge in [-0.2, -0.15) is 0 Å². The summed E-state index contributed by atoms with van der Waals surface area (Å²) in [6.07, 6.45) is 0.557. The number of nitro benzene ring substituents is 1. The van der Waals surface area contributed by atoms with Crippen LogP contribution < -0.4 is 4.90 Å². The molecule has 0 unspecified atom stereocenters. The van der Waals surface area contributed by atoms with Gasteiger partial charge in [0.1, 0.15) is 28.8 Å². The number of rotatable bonds is 9. The normalized spacial score (nSPS) is 16.8. The van der Waals surface area contributed by atoms with Gasteiger partial charge in [0.15, 0.2) is 0 Å². The summed E-state index contributed by atoms with van der Waals surface area (Å²) in [5.74, 6) is -1.22. The molecule has 1 heterocycles. The van der Waals surface area contributed by atoms with Gasteiger partial charge in [-0.1, -0.05) is 0 Å². The second kappa shape index (κ2) is 17.0. The Kier molecular flexibility index (Phi) is 14.3. The van der Waals surface area contributed by atoms with Crippen LogP contribution in [-0.2, 0) is 28.6 Å². The van der Waals surface area contributed by atoms with E-state index in [4.69, 9.17) is 14.2 Å². The summed E-state index contributed by atoms with van der Waals surface area (Å²) in [5, 5.41) is 12.1. The van der Waals surface area contributed by atoms with Gasteiger partial charge in [-0.05, 0) is 74.4 Å². The van der Waals surface area contributed by atoms with E-state index in [0.717, 1.165) is 0 Å². The summed E-state index contributed by atoms with van der Waals surface area (Å²) >= 11 is 0. The zero-order valence-electron chi connectivity index (χ0n) is 29.5. The molecule has 14 heteroatoms. The number of carbonyl (C=O) groups is 4. The van der Waals surface area contributed by atoms with E-state index in [9.17, 15) is 29.3 Å². The van der Waals surface area contributed by atoms with Crippen LogP contribution in [0.2, 0.25) is 0 Å². The topological polar surface area (TPSA) is 152 Å². The van der Waals surface area contributed by atoms with E-state index in [0.29, 0.717) is 51.2 Å². The summed E-state index contributed by atoms with van der Waals surface area (Å²) in [4.78, 5) is 69.1. The Hall–Kier alpha value is -3.62. The van der Waals surface area contributed by atoms with Crippen LogP contribution >= 0.6 is 0 Å². The van der Waals surface area contributed by atoms with Crippen molar-refractivity contribution in [1.82, 2.24) is 14.7 Å². The Labute approximate surface area is 278 Å². The van der Waals surface area contributed by atoms with Crippen LogP contribution in [0.4, 0.5) is 11.4 Å². The summed E-state index contributed by atoms with van der Waals surface area (Å²) < 4.78 is 16.7. The smallest absolute Gasteiger partial charge is 0.320 e. The first kappa shape index (κ1) is 39.6. The highest BCUT2D eigenvalue weighted by Gasteiger charge is 2.27. The fraction of sp³-hybridized carbons (Fsp3) is 0.697. The molecule has 0 radical (unpaired) electrons. The van der Waals surface area contributed by atoms with Gasteiger partial charge in [-0.25, -0.2) is 0 Å². The molecule has 264 valence electrons. The highest BCUT2D eigenvalue weighted by Crippen LogP contribution is 2.29. The molecule has 0 aromatic heterocycles. The molecule has 2 rings (SSSR count). The monoisotopic (exact) mass is 663 g/mol. The average Bonchev–Trinajstić information content (AvgIpc) is 2.89. The fourth-order valence-electron chi connectivity index (χ4n) is 4.95. The van der Waals surface area contributed by atoms with Crippen LogP contribution in [0.1, 0.15) is 72.7 Å². The molecule has 1 aromatic rings. The molecule has 1 fully saturated rings. The van der Waals surface area contributed by atoms with Crippen LogP contribution in [0.5, 0.6) is 0 Å². The molecule has 0 spiro atoms. The summed E-state index contributed by atoms with van der Waals surface area (Å²) in [6.45, 7) is 18.9. The maximum atomic E-state index is 12.9. The second-order valence-electron chi connectivity index (χ2n) is 14.7. The van der Waals surface area contributed by atoms with Gasteiger partial charge in [0.2, 0.25) is 0 Å². The standard InChI is InChI=1S/C33H53N5O9/c1-31(2,3)45-28(40)21-34-12-14-35(22-29(41)46-32(4,5)6)16-18-37(26-11-10-25(24-39)20-27(26)38(43)44)19-17-36(15-13-34)23-30(42)47-33(7,8)9/h10-11,20,24H,12-19,21-23H2,1-9H3. The number of ether oxygens (including phenoxy) is 3. The molecule has 1 aliphatic heterocycles. The van der Waals surface area contributed by atoms with E-state index in [2.05, 4.69) is 0 Å². The third kappa shape index (κ3) is 15.7. The van der Waals surface area contributed by atoms with Crippen LogP contribution in [-0.4, -0.2) is 133 Å². The summed E-state index contributed by atoms with van der Waals surface area (Å²) in [6, 6.07) is 4.31. The molecule has 1 aliphatic rings. The summed E-state index contributed by atoms with van der Waals surface area (Å²) in [5.41, 5.74) is -1.75. The van der Waals surface area contributed by atoms with E-state index >= 15 is 0 Å². The number of benzene rings is 1. The van der Waals surface area contributed by atoms with E-state index < -0.39 is 33.7 Å². The molecule has 0 N–H and O–H groups in total. The average molecular weight is 664 g/mol. The maximum absolute atomic E-state index is 12.9. The minimum Gasteiger partial charge on any atom is -0.459 e. The largest absolute Gasteiger partial charge is 0.459 e. The van der Waals surface area contributed by atoms with Gasteiger partial charge < -0.3 is 19.1 Å². The molecule has 0 amide bonds. The van der Waals surface area contributed by atoms with Gasteiger partial charge in [0, 0.05) is 64.0 Å². The number of aldehydes is 1. The second-order valence-corrected chi connectivity index (χ2v) is 14.7. The van der Waals surface area contributed by atoms with Crippen molar-refractivity contribution in [1.29, 1.82) is 0 Å². The molecule has 0 saturated carbocycles. The molecule has 14 nitrogen and oxygen atoms in total. The van der Waals surface area contributed by atoms with Crippen molar-refractivity contribution in [2.45, 2.75) is 79.1 Å². The molecule has 1 saturated heterocycles. The zero-order chi connectivity index (χ0) is 35.6. The molecule has 0 atom stereocenters. The van der Waals surface area contributed by atoms with Crippen molar-refractivity contribution in [2.75, 3.05) is 76.9 Å². The van der Waals surface area contributed by atoms with Gasteiger partial charge in [0.25, 0.3) is 5.69 Å². The third-order valence-electron chi connectivity index (χ3n) is 6.83. The summed E-state index contributed by atoms with van der Waals surface area (Å²) in [7, 11) is 0. The molecule has 47 heavy (non-hydrogen) atoms. The molecule has 1 aromatic carbocycles. The SMILES string of the molecule is CC(C)(C)OC(=O)CN1CCN(CC(=O)OC(C)(C)C)CCN(c2ccc(C=O)cc2[N+](=O)[O-])CCN(CC(=O)OC(C)(C)C)CC1. The van der Waals surface area contributed by atoms with E-state index in [1.165, 1.54) is 12.1 Å². The maximum Gasteiger partial charge on any atom is 0.320 e. The Morgan fingerprint density at radius 1 is 0.681 bits per heavy atom. The lowest BCUT2D eigenvalue weighted by Crippen LogP contribution is -2.49. The highest BCUT2D eigenvalue weighted by atomic mass is 16.6. The predicted octanol–water partition coefficient (Wildman–Crippen LogP) is 3.16. The van der Waals surface area contributed by atoms with E-state index in [-0.39, 0.29) is 49.9 Å². The quantitative estimate of drug-likeness (QED) is 0.125. The Balaban J connectivity index is 2.46. The minimum absolute atomic E-state index is 0.0131. The lowest BCUT2D eigenvalue weighted by Gasteiger charge is -2.35. The van der Waals surface area contributed by atoms with E-state index in [1.54, 1.807) is 68.4 Å². The molecule has 0 bridgehead atoms. The van der Waals surface area contributed by atoms with Crippen molar-refractivity contribution >= 4 is 35.6 Å². The number of esters is 3. The third-order valence-corrected chi connectivity index (χ3v) is 6.83. The Bertz CT molecular complexity index is 1200.